The molecule has 0 bridgehead atoms. The summed E-state index contributed by atoms with van der Waals surface area (Å²) in [4.78, 5) is 2.58. The maximum atomic E-state index is 9.31. The summed E-state index contributed by atoms with van der Waals surface area (Å²) in [5, 5.41) is 12.7. The van der Waals surface area contributed by atoms with Gasteiger partial charge in [0.15, 0.2) is 0 Å². The number of hydrogen-bond donors (Lipinski definition) is 2. The molecule has 1 heterocycles. The lowest BCUT2D eigenvalue weighted by molar-refractivity contribution is 0.118. The molecule has 3 atom stereocenters. The van der Waals surface area contributed by atoms with Gasteiger partial charge in [-0.3, -0.25) is 0 Å². The first-order chi connectivity index (χ1) is 8.17. The van der Waals surface area contributed by atoms with Gasteiger partial charge >= 0.3 is 0 Å². The van der Waals surface area contributed by atoms with Crippen LogP contribution in [0.3, 0.4) is 0 Å². The van der Waals surface area contributed by atoms with E-state index in [9.17, 15) is 5.11 Å². The van der Waals surface area contributed by atoms with Gasteiger partial charge in [-0.25, -0.2) is 0 Å². The smallest absolute Gasteiger partial charge is 0.0585 e. The molecule has 0 saturated carbocycles. The Labute approximate surface area is 107 Å². The number of nitrogens with zero attached hydrogens (tertiary/aromatic N) is 1. The van der Waals surface area contributed by atoms with Crippen LogP contribution in [0.15, 0.2) is 0 Å². The second-order valence-corrected chi connectivity index (χ2v) is 5.64. The Kier molecular flexibility index (Phi) is 7.09. The minimum Gasteiger partial charge on any atom is -0.395 e. The van der Waals surface area contributed by atoms with Crippen molar-refractivity contribution in [2.45, 2.75) is 58.5 Å². The SMILES string of the molecule is CCCNC(CO)CCN1CCC(C)CC1C. The predicted molar refractivity (Wildman–Crippen MR) is 73.2 cm³/mol. The van der Waals surface area contributed by atoms with E-state index in [0.29, 0.717) is 6.04 Å². The second kappa shape index (κ2) is 8.06. The van der Waals surface area contributed by atoms with E-state index in [1.54, 1.807) is 0 Å². The molecule has 0 aliphatic carbocycles. The normalized spacial score (nSPS) is 28.2. The van der Waals surface area contributed by atoms with Crippen molar-refractivity contribution >= 4 is 0 Å². The third-order valence-corrected chi connectivity index (χ3v) is 3.94. The molecule has 3 nitrogen and oxygen atoms in total. The highest BCUT2D eigenvalue weighted by atomic mass is 16.3. The molecule has 0 aromatic heterocycles. The van der Waals surface area contributed by atoms with Crippen LogP contribution in [0.4, 0.5) is 0 Å². The lowest BCUT2D eigenvalue weighted by Crippen LogP contribution is -2.43. The second-order valence-electron chi connectivity index (χ2n) is 5.64. The zero-order valence-corrected chi connectivity index (χ0v) is 11.8. The minimum atomic E-state index is 0.263. The average molecular weight is 242 g/mol. The Morgan fingerprint density at radius 2 is 2.18 bits per heavy atom. The molecule has 0 spiro atoms. The van der Waals surface area contributed by atoms with Gasteiger partial charge in [-0.1, -0.05) is 13.8 Å². The summed E-state index contributed by atoms with van der Waals surface area (Å²) in [6.07, 6.45) is 4.85. The summed E-state index contributed by atoms with van der Waals surface area (Å²) in [6, 6.07) is 0.991. The molecular formula is C14H30N2O. The van der Waals surface area contributed by atoms with Crippen LogP contribution in [0, 0.1) is 5.92 Å². The average Bonchev–Trinajstić information content (AvgIpc) is 2.31. The van der Waals surface area contributed by atoms with Gasteiger partial charge < -0.3 is 15.3 Å². The molecule has 0 radical (unpaired) electrons. The van der Waals surface area contributed by atoms with Gasteiger partial charge in [0.05, 0.1) is 6.61 Å². The van der Waals surface area contributed by atoms with Crippen molar-refractivity contribution in [1.29, 1.82) is 0 Å². The maximum Gasteiger partial charge on any atom is 0.0585 e. The van der Waals surface area contributed by atoms with E-state index in [4.69, 9.17) is 0 Å². The first kappa shape index (κ1) is 14.9. The van der Waals surface area contributed by atoms with Gasteiger partial charge in [0.1, 0.15) is 0 Å². The Morgan fingerprint density at radius 1 is 1.41 bits per heavy atom. The van der Waals surface area contributed by atoms with Crippen molar-refractivity contribution < 1.29 is 5.11 Å². The highest BCUT2D eigenvalue weighted by molar-refractivity contribution is 4.78. The van der Waals surface area contributed by atoms with E-state index in [1.165, 1.54) is 19.4 Å². The highest BCUT2D eigenvalue weighted by Gasteiger charge is 2.22. The highest BCUT2D eigenvalue weighted by Crippen LogP contribution is 2.22. The van der Waals surface area contributed by atoms with Gasteiger partial charge in [-0.15, -0.1) is 0 Å². The number of aliphatic hydroxyl groups is 1. The molecular weight excluding hydrogens is 212 g/mol. The number of rotatable bonds is 7. The van der Waals surface area contributed by atoms with E-state index in [-0.39, 0.29) is 12.6 Å². The zero-order chi connectivity index (χ0) is 12.7. The van der Waals surface area contributed by atoms with Crippen molar-refractivity contribution in [2.24, 2.45) is 5.92 Å². The number of likely N-dealkylation sites (tertiary alicyclic amines) is 1. The zero-order valence-electron chi connectivity index (χ0n) is 11.8. The van der Waals surface area contributed by atoms with Crippen LogP contribution in [0.5, 0.6) is 0 Å². The molecule has 2 N–H and O–H groups in total. The Balaban J connectivity index is 2.23. The standard InChI is InChI=1S/C14H30N2O/c1-4-7-15-14(11-17)6-9-16-8-5-12(2)10-13(16)3/h12-15,17H,4-11H2,1-3H3. The largest absolute Gasteiger partial charge is 0.395 e. The molecule has 0 aromatic rings. The van der Waals surface area contributed by atoms with Crippen LogP contribution in [0.1, 0.15) is 46.5 Å². The summed E-state index contributed by atoms with van der Waals surface area (Å²) in [7, 11) is 0. The molecule has 0 amide bonds. The lowest BCUT2D eigenvalue weighted by atomic mass is 9.93. The van der Waals surface area contributed by atoms with Crippen LogP contribution >= 0.6 is 0 Å². The molecule has 0 aromatic carbocycles. The monoisotopic (exact) mass is 242 g/mol. The molecule has 3 heteroatoms. The molecule has 102 valence electrons. The fourth-order valence-corrected chi connectivity index (χ4v) is 2.72. The van der Waals surface area contributed by atoms with Crippen molar-refractivity contribution in [2.75, 3.05) is 26.2 Å². The first-order valence-electron chi connectivity index (χ1n) is 7.25. The number of nitrogens with one attached hydrogen (secondary N) is 1. The molecule has 1 saturated heterocycles. The molecule has 1 fully saturated rings. The summed E-state index contributed by atoms with van der Waals surface area (Å²) in [5.74, 6) is 0.883. The summed E-state index contributed by atoms with van der Waals surface area (Å²) in [6.45, 7) is 10.5. The fourth-order valence-electron chi connectivity index (χ4n) is 2.72. The van der Waals surface area contributed by atoms with Crippen LogP contribution in [0.2, 0.25) is 0 Å². The number of piperidine rings is 1. The topological polar surface area (TPSA) is 35.5 Å². The third-order valence-electron chi connectivity index (χ3n) is 3.94. The Morgan fingerprint density at radius 3 is 2.76 bits per heavy atom. The quantitative estimate of drug-likeness (QED) is 0.715. The summed E-state index contributed by atoms with van der Waals surface area (Å²) >= 11 is 0. The molecule has 1 rings (SSSR count). The van der Waals surface area contributed by atoms with Gasteiger partial charge in [0.2, 0.25) is 0 Å². The Hall–Kier alpha value is -0.120. The molecule has 1 aliphatic heterocycles. The number of hydrogen-bond acceptors (Lipinski definition) is 3. The van der Waals surface area contributed by atoms with Gasteiger partial charge in [0.25, 0.3) is 0 Å². The van der Waals surface area contributed by atoms with Crippen molar-refractivity contribution in [3.63, 3.8) is 0 Å². The molecule has 17 heavy (non-hydrogen) atoms. The maximum absolute atomic E-state index is 9.31. The van der Waals surface area contributed by atoms with E-state index in [2.05, 4.69) is 31.0 Å². The van der Waals surface area contributed by atoms with Crippen LogP contribution < -0.4 is 5.32 Å². The van der Waals surface area contributed by atoms with Gasteiger partial charge in [0, 0.05) is 12.1 Å². The van der Waals surface area contributed by atoms with Crippen molar-refractivity contribution in [3.05, 3.63) is 0 Å². The summed E-state index contributed by atoms with van der Waals surface area (Å²) < 4.78 is 0. The third kappa shape index (κ3) is 5.36. The lowest BCUT2D eigenvalue weighted by Gasteiger charge is -2.37. The summed E-state index contributed by atoms with van der Waals surface area (Å²) in [5.41, 5.74) is 0. The molecule has 1 aliphatic rings. The van der Waals surface area contributed by atoms with Crippen LogP contribution in [-0.4, -0.2) is 48.3 Å². The van der Waals surface area contributed by atoms with E-state index in [1.807, 2.05) is 0 Å². The fraction of sp³-hybridized carbons (Fsp3) is 1.00. The minimum absolute atomic E-state index is 0.263. The predicted octanol–water partition coefficient (Wildman–Crippen LogP) is 1.86. The van der Waals surface area contributed by atoms with Gasteiger partial charge in [-0.05, 0) is 58.2 Å². The first-order valence-corrected chi connectivity index (χ1v) is 7.25. The molecule has 3 unspecified atom stereocenters. The van der Waals surface area contributed by atoms with E-state index >= 15 is 0 Å². The van der Waals surface area contributed by atoms with Crippen molar-refractivity contribution in [3.8, 4) is 0 Å². The van der Waals surface area contributed by atoms with Crippen LogP contribution in [0.25, 0.3) is 0 Å². The Bertz CT molecular complexity index is 199. The van der Waals surface area contributed by atoms with Gasteiger partial charge in [-0.2, -0.15) is 0 Å². The van der Waals surface area contributed by atoms with Crippen LogP contribution in [-0.2, 0) is 0 Å². The number of aliphatic hydroxyl groups excluding tert-OH is 1. The van der Waals surface area contributed by atoms with E-state index in [0.717, 1.165) is 31.8 Å². The van der Waals surface area contributed by atoms with Crippen molar-refractivity contribution in [1.82, 2.24) is 10.2 Å². The van der Waals surface area contributed by atoms with E-state index < -0.39 is 0 Å².